The van der Waals surface area contributed by atoms with Crippen molar-refractivity contribution in [2.45, 2.75) is 24.2 Å². The summed E-state index contributed by atoms with van der Waals surface area (Å²) >= 11 is 0. The van der Waals surface area contributed by atoms with Gasteiger partial charge in [-0.25, -0.2) is 4.90 Å². The van der Waals surface area contributed by atoms with Crippen LogP contribution in [0.3, 0.4) is 0 Å². The van der Waals surface area contributed by atoms with Crippen molar-refractivity contribution in [3.05, 3.63) is 168 Å². The summed E-state index contributed by atoms with van der Waals surface area (Å²) in [6, 6.07) is 46.1. The number of fused-ring (bicyclic) bond motifs is 5. The second-order valence-corrected chi connectivity index (χ2v) is 12.5. The van der Waals surface area contributed by atoms with Crippen LogP contribution in [-0.2, 0) is 25.2 Å². The van der Waals surface area contributed by atoms with Gasteiger partial charge in [0.25, 0.3) is 0 Å². The molecule has 5 aromatic carbocycles. The molecule has 5 heteroatoms. The van der Waals surface area contributed by atoms with E-state index in [0.717, 1.165) is 28.7 Å². The van der Waals surface area contributed by atoms with E-state index in [1.807, 2.05) is 128 Å². The third-order valence-electron chi connectivity index (χ3n) is 10.1. The average molecular weight is 616 g/mol. The van der Waals surface area contributed by atoms with Crippen LogP contribution in [0, 0.1) is 11.8 Å². The minimum Gasteiger partial charge on any atom is -0.494 e. The zero-order valence-corrected chi connectivity index (χ0v) is 26.0. The lowest BCUT2D eigenvalue weighted by atomic mass is 9.59. The highest BCUT2D eigenvalue weighted by molar-refractivity contribution is 6.39. The predicted octanol–water partition coefficient (Wildman–Crippen LogP) is 7.66. The van der Waals surface area contributed by atoms with Crippen LogP contribution in [0.1, 0.15) is 35.6 Å². The molecule has 0 spiro atoms. The van der Waals surface area contributed by atoms with Crippen molar-refractivity contribution in [2.24, 2.45) is 11.8 Å². The molecule has 0 aromatic heterocycles. The molecule has 8 rings (SSSR count). The molecule has 1 saturated heterocycles. The Labute approximate surface area is 274 Å². The zero-order valence-electron chi connectivity index (χ0n) is 26.0. The molecule has 1 heterocycles. The van der Waals surface area contributed by atoms with Gasteiger partial charge in [0.2, 0.25) is 11.8 Å². The number of ether oxygens (including phenoxy) is 1. The number of benzene rings is 5. The van der Waals surface area contributed by atoms with Gasteiger partial charge < -0.3 is 4.74 Å². The first-order valence-electron chi connectivity index (χ1n) is 16.2. The minimum absolute atomic E-state index is 0.125. The van der Waals surface area contributed by atoms with E-state index in [-0.39, 0.29) is 17.6 Å². The molecule has 2 amide bonds. The van der Waals surface area contributed by atoms with E-state index >= 15 is 14.4 Å². The van der Waals surface area contributed by atoms with Gasteiger partial charge in [0, 0.05) is 0 Å². The molecule has 3 aliphatic rings. The van der Waals surface area contributed by atoms with Gasteiger partial charge in [-0.05, 0) is 64.1 Å². The summed E-state index contributed by atoms with van der Waals surface area (Å²) in [5.74, 6) is -2.09. The largest absolute Gasteiger partial charge is 0.494 e. The Bertz CT molecular complexity index is 1900. The lowest BCUT2D eigenvalue weighted by Gasteiger charge is -2.39. The number of hydrogen-bond donors (Lipinski definition) is 0. The highest BCUT2D eigenvalue weighted by Gasteiger charge is 2.82. The molecule has 1 aliphatic heterocycles. The van der Waals surface area contributed by atoms with Gasteiger partial charge in [0.05, 0.1) is 35.0 Å². The van der Waals surface area contributed by atoms with Crippen LogP contribution in [-0.4, -0.2) is 24.2 Å². The van der Waals surface area contributed by atoms with Crippen molar-refractivity contribution in [1.82, 2.24) is 0 Å². The van der Waals surface area contributed by atoms with E-state index in [1.165, 1.54) is 4.90 Å². The molecule has 2 bridgehead atoms. The molecule has 1 saturated carbocycles. The molecular weight excluding hydrogens is 582 g/mol. The van der Waals surface area contributed by atoms with E-state index in [4.69, 9.17) is 4.74 Å². The second kappa shape index (κ2) is 11.1. The summed E-state index contributed by atoms with van der Waals surface area (Å²) in [5, 5.41) is 0. The molecular formula is C42H33NO4. The van der Waals surface area contributed by atoms with Crippen LogP contribution in [0.2, 0.25) is 0 Å². The van der Waals surface area contributed by atoms with Gasteiger partial charge in [0.1, 0.15) is 5.75 Å². The molecule has 4 atom stereocenters. The number of nitrogens with zero attached hydrogens (tertiary/aromatic N) is 1. The summed E-state index contributed by atoms with van der Waals surface area (Å²) in [6.07, 6.45) is 0.867. The lowest BCUT2D eigenvalue weighted by molar-refractivity contribution is -0.130. The van der Waals surface area contributed by atoms with Crippen LogP contribution in [0.5, 0.6) is 5.75 Å². The lowest BCUT2D eigenvalue weighted by Crippen LogP contribution is -2.45. The number of carbonyl (C=O) groups is 3. The third kappa shape index (κ3) is 3.86. The number of Topliss-reactive ketones (excluding diaryl/α,β-unsaturated/α-hetero) is 1. The number of anilines is 1. The van der Waals surface area contributed by atoms with Gasteiger partial charge in [0.15, 0.2) is 5.78 Å². The summed E-state index contributed by atoms with van der Waals surface area (Å²) in [4.78, 5) is 47.3. The standard InChI is InChI=1S/C42H33NO4/c1-2-27-47-33-25-23-32(24-26-33)43-38(44)36-37(39(43)45)42(31-21-13-6-14-22-31)35(29-17-9-4-10-18-29)34(28-15-7-3-8-16-28)41(36,40(42)46)30-19-11-5-12-20-30/h3-26,36-37H,2,27H2,1H3/t36-,37-,41+,42+/m1/s1. The van der Waals surface area contributed by atoms with Gasteiger partial charge in [-0.2, -0.15) is 0 Å². The minimum atomic E-state index is -1.42. The Morgan fingerprint density at radius 1 is 0.553 bits per heavy atom. The fraction of sp³-hybridized carbons (Fsp3) is 0.167. The van der Waals surface area contributed by atoms with Gasteiger partial charge in [-0.3, -0.25) is 14.4 Å². The van der Waals surface area contributed by atoms with Crippen LogP contribution in [0.4, 0.5) is 5.69 Å². The molecule has 5 nitrogen and oxygen atoms in total. The van der Waals surface area contributed by atoms with Crippen molar-refractivity contribution >= 4 is 34.4 Å². The van der Waals surface area contributed by atoms with Crippen LogP contribution in [0.15, 0.2) is 146 Å². The van der Waals surface area contributed by atoms with Gasteiger partial charge in [-0.15, -0.1) is 0 Å². The van der Waals surface area contributed by atoms with Crippen molar-refractivity contribution in [3.8, 4) is 5.75 Å². The molecule has 2 aliphatic carbocycles. The summed E-state index contributed by atoms with van der Waals surface area (Å²) < 4.78 is 5.79. The average Bonchev–Trinajstić information content (AvgIpc) is 3.64. The normalized spacial score (nSPS) is 24.6. The van der Waals surface area contributed by atoms with Crippen LogP contribution < -0.4 is 9.64 Å². The first-order valence-corrected chi connectivity index (χ1v) is 16.2. The fourth-order valence-corrected chi connectivity index (χ4v) is 8.50. The van der Waals surface area contributed by atoms with Crippen molar-refractivity contribution < 1.29 is 19.1 Å². The number of amides is 2. The second-order valence-electron chi connectivity index (χ2n) is 12.5. The Morgan fingerprint density at radius 2 is 0.957 bits per heavy atom. The first kappa shape index (κ1) is 28.9. The quantitative estimate of drug-likeness (QED) is 0.168. The Balaban J connectivity index is 1.47. The SMILES string of the molecule is CCCOc1ccc(N2C(=O)[C@H]3[C@H](C2=O)[C@@]2(c4ccccc4)C(=O)[C@@]3(c3ccccc3)C(c3ccccc3)=C2c2ccccc2)cc1. The molecule has 230 valence electrons. The number of carbonyl (C=O) groups excluding carboxylic acids is 3. The number of rotatable bonds is 8. The highest BCUT2D eigenvalue weighted by atomic mass is 16.5. The number of hydrogen-bond acceptors (Lipinski definition) is 4. The fourth-order valence-electron chi connectivity index (χ4n) is 8.50. The van der Waals surface area contributed by atoms with Crippen molar-refractivity contribution in [2.75, 3.05) is 11.5 Å². The molecule has 2 fully saturated rings. The number of allylic oxidation sites excluding steroid dienone is 2. The van der Waals surface area contributed by atoms with E-state index < -0.39 is 22.7 Å². The predicted molar refractivity (Wildman–Crippen MR) is 183 cm³/mol. The summed E-state index contributed by atoms with van der Waals surface area (Å²) in [6.45, 7) is 2.61. The zero-order chi connectivity index (χ0) is 32.2. The molecule has 0 N–H and O–H groups in total. The first-order chi connectivity index (χ1) is 23.1. The van der Waals surface area contributed by atoms with E-state index in [1.54, 1.807) is 24.3 Å². The number of imide groups is 1. The Morgan fingerprint density at radius 3 is 1.36 bits per heavy atom. The summed E-state index contributed by atoms with van der Waals surface area (Å²) in [5.41, 5.74) is 2.36. The van der Waals surface area contributed by atoms with Gasteiger partial charge in [-0.1, -0.05) is 128 Å². The van der Waals surface area contributed by atoms with Gasteiger partial charge >= 0.3 is 0 Å². The van der Waals surface area contributed by atoms with E-state index in [0.29, 0.717) is 29.2 Å². The highest BCUT2D eigenvalue weighted by Crippen LogP contribution is 2.74. The summed E-state index contributed by atoms with van der Waals surface area (Å²) in [7, 11) is 0. The topological polar surface area (TPSA) is 63.7 Å². The van der Waals surface area contributed by atoms with Crippen molar-refractivity contribution in [1.29, 1.82) is 0 Å². The Kier molecular flexibility index (Phi) is 6.80. The van der Waals surface area contributed by atoms with Crippen LogP contribution >= 0.6 is 0 Å². The van der Waals surface area contributed by atoms with E-state index in [9.17, 15) is 0 Å². The van der Waals surface area contributed by atoms with E-state index in [2.05, 4.69) is 0 Å². The number of ketones is 1. The monoisotopic (exact) mass is 615 g/mol. The molecule has 47 heavy (non-hydrogen) atoms. The maximum Gasteiger partial charge on any atom is 0.239 e. The third-order valence-corrected chi connectivity index (χ3v) is 10.1. The maximum atomic E-state index is 15.9. The maximum absolute atomic E-state index is 15.9. The smallest absolute Gasteiger partial charge is 0.239 e. The van der Waals surface area contributed by atoms with Crippen molar-refractivity contribution in [3.63, 3.8) is 0 Å². The molecule has 0 unspecified atom stereocenters. The Hall–Kier alpha value is -5.55. The molecule has 0 radical (unpaired) electrons. The van der Waals surface area contributed by atoms with Crippen LogP contribution in [0.25, 0.3) is 11.1 Å². The molecule has 5 aromatic rings.